The fraction of sp³-hybridized carbons (Fsp3) is 0.0870. The van der Waals surface area contributed by atoms with E-state index >= 15 is 0 Å². The lowest BCUT2D eigenvalue weighted by Gasteiger charge is -2.27. The molecule has 0 bridgehead atoms. The Balaban J connectivity index is 1.14. The molecule has 0 radical (unpaired) electrons. The highest BCUT2D eigenvalue weighted by atomic mass is 15.1. The minimum Gasteiger partial charge on any atom is -0.310 e. The summed E-state index contributed by atoms with van der Waals surface area (Å²) in [5.74, 6) is 0. The van der Waals surface area contributed by atoms with E-state index in [9.17, 15) is 0 Å². The molecule has 2 heteroatoms. The first-order chi connectivity index (χ1) is 23.4. The lowest BCUT2D eigenvalue weighted by atomic mass is 9.99. The van der Waals surface area contributed by atoms with Crippen molar-refractivity contribution in [2.24, 2.45) is 0 Å². The number of benzene rings is 7. The van der Waals surface area contributed by atoms with Gasteiger partial charge in [-0.25, -0.2) is 0 Å². The normalized spacial score (nSPS) is 10.9. The van der Waals surface area contributed by atoms with Crippen LogP contribution in [0.15, 0.2) is 170 Å². The van der Waals surface area contributed by atoms with Crippen LogP contribution in [0.5, 0.6) is 0 Å². The van der Waals surface area contributed by atoms with Crippen molar-refractivity contribution >= 4 is 34.1 Å². The first kappa shape index (κ1) is 30.8. The number of para-hydroxylation sites is 2. The number of hydrogen-bond acceptors (Lipinski definition) is 2. The molecular weight excluding hydrogens is 581 g/mol. The molecule has 0 unspecified atom stereocenters. The summed E-state index contributed by atoms with van der Waals surface area (Å²) in [5.41, 5.74) is 16.7. The Kier molecular flexibility index (Phi) is 8.64. The zero-order chi connectivity index (χ0) is 33.0. The molecule has 0 heterocycles. The van der Waals surface area contributed by atoms with Crippen molar-refractivity contribution < 1.29 is 0 Å². The highest BCUT2D eigenvalue weighted by molar-refractivity contribution is 5.82. The van der Waals surface area contributed by atoms with Crippen LogP contribution >= 0.6 is 0 Å². The standard InChI is InChI=1S/C46H40N2/c1-33-13-25-41(26-14-33)47(45-11-7-5-9-35(45)3)43-29-21-39(22-30-43)37-17-19-38(20-18-37)40-23-31-44(32-24-40)48(42-27-15-34(2)16-28-42)46-12-8-6-10-36(46)4/h5-32H,1-4H3. The van der Waals surface area contributed by atoms with Gasteiger partial charge in [-0.2, -0.15) is 0 Å². The molecule has 0 aliphatic rings. The molecule has 0 saturated carbocycles. The van der Waals surface area contributed by atoms with E-state index in [0.717, 1.165) is 22.7 Å². The minimum absolute atomic E-state index is 1.14. The first-order valence-corrected chi connectivity index (χ1v) is 16.6. The highest BCUT2D eigenvalue weighted by Crippen LogP contribution is 2.39. The van der Waals surface area contributed by atoms with Gasteiger partial charge in [0.05, 0.1) is 0 Å². The average molecular weight is 621 g/mol. The van der Waals surface area contributed by atoms with Gasteiger partial charge in [0.25, 0.3) is 0 Å². The molecule has 7 aromatic carbocycles. The van der Waals surface area contributed by atoms with Gasteiger partial charge >= 0.3 is 0 Å². The van der Waals surface area contributed by atoms with Crippen molar-refractivity contribution in [3.8, 4) is 22.3 Å². The molecule has 7 rings (SSSR count). The van der Waals surface area contributed by atoms with Crippen molar-refractivity contribution in [2.75, 3.05) is 9.80 Å². The van der Waals surface area contributed by atoms with Crippen LogP contribution in [0.4, 0.5) is 34.1 Å². The van der Waals surface area contributed by atoms with E-state index in [1.165, 1.54) is 55.9 Å². The zero-order valence-corrected chi connectivity index (χ0v) is 28.1. The van der Waals surface area contributed by atoms with Gasteiger partial charge in [0, 0.05) is 34.1 Å². The topological polar surface area (TPSA) is 6.48 Å². The molecule has 7 aromatic rings. The molecule has 2 nitrogen and oxygen atoms in total. The summed E-state index contributed by atoms with van der Waals surface area (Å²) in [7, 11) is 0. The molecular formula is C46H40N2. The van der Waals surface area contributed by atoms with E-state index in [4.69, 9.17) is 0 Å². The van der Waals surface area contributed by atoms with Crippen molar-refractivity contribution in [3.63, 3.8) is 0 Å². The molecule has 0 saturated heterocycles. The van der Waals surface area contributed by atoms with E-state index in [2.05, 4.69) is 207 Å². The molecule has 0 atom stereocenters. The van der Waals surface area contributed by atoms with Crippen LogP contribution in [-0.2, 0) is 0 Å². The number of nitrogens with zero attached hydrogens (tertiary/aromatic N) is 2. The van der Waals surface area contributed by atoms with Crippen LogP contribution in [0, 0.1) is 27.7 Å². The third-order valence-electron chi connectivity index (χ3n) is 9.10. The second-order valence-corrected chi connectivity index (χ2v) is 12.6. The average Bonchev–Trinajstić information content (AvgIpc) is 3.12. The summed E-state index contributed by atoms with van der Waals surface area (Å²) in [6, 6.07) is 61.3. The predicted molar refractivity (Wildman–Crippen MR) is 206 cm³/mol. The van der Waals surface area contributed by atoms with Gasteiger partial charge < -0.3 is 9.80 Å². The summed E-state index contributed by atoms with van der Waals surface area (Å²) in [5, 5.41) is 0. The number of hydrogen-bond donors (Lipinski definition) is 0. The number of aryl methyl sites for hydroxylation is 4. The van der Waals surface area contributed by atoms with Gasteiger partial charge in [-0.15, -0.1) is 0 Å². The second-order valence-electron chi connectivity index (χ2n) is 12.6. The van der Waals surface area contributed by atoms with E-state index < -0.39 is 0 Å². The lowest BCUT2D eigenvalue weighted by molar-refractivity contribution is 1.24. The monoisotopic (exact) mass is 620 g/mol. The van der Waals surface area contributed by atoms with Gasteiger partial charge in [0.1, 0.15) is 0 Å². The van der Waals surface area contributed by atoms with Crippen molar-refractivity contribution in [1.29, 1.82) is 0 Å². The summed E-state index contributed by atoms with van der Waals surface area (Å²) >= 11 is 0. The van der Waals surface area contributed by atoms with Crippen LogP contribution in [0.25, 0.3) is 22.3 Å². The van der Waals surface area contributed by atoms with Crippen LogP contribution in [0.3, 0.4) is 0 Å². The third-order valence-corrected chi connectivity index (χ3v) is 9.10. The fourth-order valence-electron chi connectivity index (χ4n) is 6.33. The quantitative estimate of drug-likeness (QED) is 0.167. The molecule has 0 aromatic heterocycles. The smallest absolute Gasteiger partial charge is 0.0490 e. The maximum absolute atomic E-state index is 2.34. The van der Waals surface area contributed by atoms with E-state index in [0.29, 0.717) is 0 Å². The Hall–Kier alpha value is -5.86. The summed E-state index contributed by atoms with van der Waals surface area (Å²) in [6.45, 7) is 8.60. The van der Waals surface area contributed by atoms with Crippen molar-refractivity contribution in [3.05, 3.63) is 192 Å². The zero-order valence-electron chi connectivity index (χ0n) is 28.1. The van der Waals surface area contributed by atoms with E-state index in [1.807, 2.05) is 0 Å². The lowest BCUT2D eigenvalue weighted by Crippen LogP contribution is -2.11. The maximum Gasteiger partial charge on any atom is 0.0490 e. The number of anilines is 6. The van der Waals surface area contributed by atoms with Gasteiger partial charge in [0.15, 0.2) is 0 Å². The van der Waals surface area contributed by atoms with E-state index in [1.54, 1.807) is 0 Å². The Bertz CT molecular complexity index is 1970. The fourth-order valence-corrected chi connectivity index (χ4v) is 6.33. The molecule has 0 spiro atoms. The number of rotatable bonds is 8. The maximum atomic E-state index is 2.34. The predicted octanol–water partition coefficient (Wildman–Crippen LogP) is 13.2. The Labute approximate surface area is 285 Å². The Morgan fingerprint density at radius 2 is 0.521 bits per heavy atom. The Morgan fingerprint density at radius 3 is 0.812 bits per heavy atom. The SMILES string of the molecule is Cc1ccc(N(c2ccc(-c3ccc(-c4ccc(N(c5ccc(C)cc5)c5ccccc5C)cc4)cc3)cc2)c2ccccc2C)cc1. The van der Waals surface area contributed by atoms with Crippen LogP contribution < -0.4 is 9.80 Å². The van der Waals surface area contributed by atoms with Crippen LogP contribution in [0.1, 0.15) is 22.3 Å². The van der Waals surface area contributed by atoms with E-state index in [-0.39, 0.29) is 0 Å². The van der Waals surface area contributed by atoms with Crippen molar-refractivity contribution in [2.45, 2.75) is 27.7 Å². The molecule has 48 heavy (non-hydrogen) atoms. The second kappa shape index (κ2) is 13.5. The molecule has 0 aliphatic carbocycles. The largest absolute Gasteiger partial charge is 0.310 e. The summed E-state index contributed by atoms with van der Waals surface area (Å²) in [6.07, 6.45) is 0. The molecule has 0 aliphatic heterocycles. The highest BCUT2D eigenvalue weighted by Gasteiger charge is 2.16. The van der Waals surface area contributed by atoms with Gasteiger partial charge in [-0.05, 0) is 122 Å². The molecule has 234 valence electrons. The Morgan fingerprint density at radius 1 is 0.271 bits per heavy atom. The van der Waals surface area contributed by atoms with Gasteiger partial charge in [0.2, 0.25) is 0 Å². The minimum atomic E-state index is 1.14. The molecule has 0 N–H and O–H groups in total. The van der Waals surface area contributed by atoms with Crippen LogP contribution in [-0.4, -0.2) is 0 Å². The summed E-state index contributed by atoms with van der Waals surface area (Å²) < 4.78 is 0. The third kappa shape index (κ3) is 6.38. The summed E-state index contributed by atoms with van der Waals surface area (Å²) in [4.78, 5) is 4.68. The van der Waals surface area contributed by atoms with Crippen molar-refractivity contribution in [1.82, 2.24) is 0 Å². The van der Waals surface area contributed by atoms with Gasteiger partial charge in [-0.1, -0.05) is 120 Å². The first-order valence-electron chi connectivity index (χ1n) is 16.6. The van der Waals surface area contributed by atoms with Gasteiger partial charge in [-0.3, -0.25) is 0 Å². The molecule has 0 fully saturated rings. The van der Waals surface area contributed by atoms with Crippen LogP contribution in [0.2, 0.25) is 0 Å². The molecule has 0 amide bonds.